The smallest absolute Gasteiger partial charge is 0.264 e. The van der Waals surface area contributed by atoms with E-state index in [1.807, 2.05) is 18.2 Å². The first kappa shape index (κ1) is 15.2. The minimum atomic E-state index is -4.67. The van der Waals surface area contributed by atoms with Crippen LogP contribution in [0.4, 0.5) is 0 Å². The zero-order chi connectivity index (χ0) is 9.61. The maximum Gasteiger partial charge on any atom is 0.394 e. The molecule has 1 aromatic rings. The Morgan fingerprint density at radius 3 is 1.54 bits per heavy atom. The van der Waals surface area contributed by atoms with Gasteiger partial charge in [0.2, 0.25) is 0 Å². The molecule has 70 valence electrons. The molecule has 0 aliphatic carbocycles. The molecule has 0 aliphatic heterocycles. The summed E-state index contributed by atoms with van der Waals surface area (Å²) in [7, 11) is -4.67. The van der Waals surface area contributed by atoms with E-state index in [1.54, 1.807) is 0 Å². The molecule has 13 heavy (non-hydrogen) atoms. The van der Waals surface area contributed by atoms with Crippen molar-refractivity contribution in [1.29, 1.82) is 0 Å². The monoisotopic (exact) mass is 254 g/mol. The number of hydrogen-bond donors (Lipinski definition) is 2. The van der Waals surface area contributed by atoms with Crippen LogP contribution in [-0.2, 0) is 29.9 Å². The number of rotatable bonds is 0. The number of hydrogen-bond acceptors (Lipinski definition) is 2. The Labute approximate surface area is 90.3 Å². The minimum Gasteiger partial charge on any atom is -0.264 e. The van der Waals surface area contributed by atoms with Gasteiger partial charge in [-0.05, 0) is 6.92 Å². The first-order chi connectivity index (χ1) is 5.39. The van der Waals surface area contributed by atoms with Crippen LogP contribution in [0.25, 0.3) is 0 Å². The molecule has 0 fully saturated rings. The SMILES string of the molecule is Cc1ccccc1.O=S(=O)(O)O.[Zn]. The van der Waals surface area contributed by atoms with Crippen LogP contribution in [0.3, 0.4) is 0 Å². The summed E-state index contributed by atoms with van der Waals surface area (Å²) >= 11 is 0. The summed E-state index contributed by atoms with van der Waals surface area (Å²) in [6.07, 6.45) is 0. The van der Waals surface area contributed by atoms with Crippen LogP contribution in [0.15, 0.2) is 30.3 Å². The van der Waals surface area contributed by atoms with E-state index in [-0.39, 0.29) is 19.5 Å². The van der Waals surface area contributed by atoms with E-state index < -0.39 is 10.4 Å². The van der Waals surface area contributed by atoms with Crippen molar-refractivity contribution in [2.75, 3.05) is 0 Å². The van der Waals surface area contributed by atoms with Gasteiger partial charge in [0, 0.05) is 19.5 Å². The van der Waals surface area contributed by atoms with Gasteiger partial charge in [-0.1, -0.05) is 35.9 Å². The van der Waals surface area contributed by atoms with Crippen molar-refractivity contribution >= 4 is 10.4 Å². The number of benzene rings is 1. The van der Waals surface area contributed by atoms with Gasteiger partial charge < -0.3 is 0 Å². The Kier molecular flexibility index (Phi) is 8.36. The maximum atomic E-state index is 8.74. The van der Waals surface area contributed by atoms with Gasteiger partial charge in [0.25, 0.3) is 0 Å². The Morgan fingerprint density at radius 2 is 1.38 bits per heavy atom. The second-order valence-corrected chi connectivity index (χ2v) is 3.00. The fraction of sp³-hybridized carbons (Fsp3) is 0.143. The van der Waals surface area contributed by atoms with Crippen LogP contribution < -0.4 is 0 Å². The Hall–Kier alpha value is -0.287. The molecule has 0 aliphatic rings. The van der Waals surface area contributed by atoms with Crippen LogP contribution in [0.1, 0.15) is 5.56 Å². The van der Waals surface area contributed by atoms with Gasteiger partial charge in [-0.2, -0.15) is 8.42 Å². The van der Waals surface area contributed by atoms with Gasteiger partial charge in [-0.25, -0.2) is 0 Å². The molecule has 1 rings (SSSR count). The molecular weight excluding hydrogens is 246 g/mol. The molecule has 0 spiro atoms. The molecule has 0 heterocycles. The summed E-state index contributed by atoms with van der Waals surface area (Å²) in [6, 6.07) is 10.3. The predicted molar refractivity (Wildman–Crippen MR) is 45.4 cm³/mol. The molecule has 2 N–H and O–H groups in total. The van der Waals surface area contributed by atoms with E-state index in [4.69, 9.17) is 17.5 Å². The van der Waals surface area contributed by atoms with Crippen molar-refractivity contribution in [3.8, 4) is 0 Å². The van der Waals surface area contributed by atoms with Crippen LogP contribution >= 0.6 is 0 Å². The van der Waals surface area contributed by atoms with Gasteiger partial charge in [-0.3, -0.25) is 9.11 Å². The quantitative estimate of drug-likeness (QED) is 0.542. The third-order valence-corrected chi connectivity index (χ3v) is 0.940. The third-order valence-electron chi connectivity index (χ3n) is 0.940. The predicted octanol–water partition coefficient (Wildman–Crippen LogP) is 1.34. The molecule has 0 atom stereocenters. The molecule has 4 nitrogen and oxygen atoms in total. The Bertz CT molecular complexity index is 301. The van der Waals surface area contributed by atoms with Crippen molar-refractivity contribution in [2.24, 2.45) is 0 Å². The average Bonchev–Trinajstić information content (AvgIpc) is 1.85. The van der Waals surface area contributed by atoms with E-state index in [0.29, 0.717) is 0 Å². The van der Waals surface area contributed by atoms with E-state index >= 15 is 0 Å². The second-order valence-electron chi connectivity index (χ2n) is 2.10. The van der Waals surface area contributed by atoms with Gasteiger partial charge in [0.1, 0.15) is 0 Å². The van der Waals surface area contributed by atoms with E-state index in [9.17, 15) is 0 Å². The normalized spacial score (nSPS) is 9.15. The van der Waals surface area contributed by atoms with Crippen molar-refractivity contribution in [2.45, 2.75) is 6.92 Å². The van der Waals surface area contributed by atoms with E-state index in [0.717, 1.165) is 0 Å². The molecule has 0 saturated heterocycles. The first-order valence-electron chi connectivity index (χ1n) is 3.11. The van der Waals surface area contributed by atoms with Crippen molar-refractivity contribution < 1.29 is 37.0 Å². The zero-order valence-electron chi connectivity index (χ0n) is 7.21. The standard InChI is InChI=1S/C7H8.H2O4S.Zn/c1-7-5-3-2-4-6-7;1-5(2,3)4;/h2-6H,1H3;(H2,1,2,3,4);. The molecular formula is C7H10O4SZn. The van der Waals surface area contributed by atoms with Crippen molar-refractivity contribution in [3.05, 3.63) is 35.9 Å². The van der Waals surface area contributed by atoms with E-state index in [2.05, 4.69) is 19.1 Å². The maximum absolute atomic E-state index is 8.74. The molecule has 6 heteroatoms. The van der Waals surface area contributed by atoms with Crippen LogP contribution in [0, 0.1) is 6.92 Å². The summed E-state index contributed by atoms with van der Waals surface area (Å²) in [6.45, 7) is 2.08. The Morgan fingerprint density at radius 1 is 1.08 bits per heavy atom. The summed E-state index contributed by atoms with van der Waals surface area (Å²) in [5.41, 5.74) is 1.32. The van der Waals surface area contributed by atoms with Crippen LogP contribution in [0.2, 0.25) is 0 Å². The fourth-order valence-electron chi connectivity index (χ4n) is 0.534. The molecule has 0 saturated carbocycles. The van der Waals surface area contributed by atoms with Gasteiger partial charge in [0.05, 0.1) is 0 Å². The summed E-state index contributed by atoms with van der Waals surface area (Å²) in [5, 5.41) is 0. The largest absolute Gasteiger partial charge is 0.394 e. The molecule has 0 unspecified atom stereocenters. The van der Waals surface area contributed by atoms with E-state index in [1.165, 1.54) is 5.56 Å². The minimum absolute atomic E-state index is 0. The topological polar surface area (TPSA) is 74.6 Å². The second kappa shape index (κ2) is 7.15. The fourth-order valence-corrected chi connectivity index (χ4v) is 0.534. The molecule has 1 aromatic carbocycles. The molecule has 0 amide bonds. The summed E-state index contributed by atoms with van der Waals surface area (Å²) in [5.74, 6) is 0. The summed E-state index contributed by atoms with van der Waals surface area (Å²) in [4.78, 5) is 0. The van der Waals surface area contributed by atoms with Crippen LogP contribution in [-0.4, -0.2) is 17.5 Å². The van der Waals surface area contributed by atoms with Gasteiger partial charge >= 0.3 is 10.4 Å². The van der Waals surface area contributed by atoms with Gasteiger partial charge in [0.15, 0.2) is 0 Å². The van der Waals surface area contributed by atoms with Crippen molar-refractivity contribution in [3.63, 3.8) is 0 Å². The van der Waals surface area contributed by atoms with Crippen LogP contribution in [0.5, 0.6) is 0 Å². The zero-order valence-corrected chi connectivity index (χ0v) is 11.0. The third kappa shape index (κ3) is 18.6. The molecule has 0 aromatic heterocycles. The average molecular weight is 256 g/mol. The molecule has 0 radical (unpaired) electrons. The van der Waals surface area contributed by atoms with Gasteiger partial charge in [-0.15, -0.1) is 0 Å². The number of aryl methyl sites for hydroxylation is 1. The Balaban J connectivity index is 0. The molecule has 0 bridgehead atoms. The first-order valence-corrected chi connectivity index (χ1v) is 4.51. The summed E-state index contributed by atoms with van der Waals surface area (Å²) < 4.78 is 31.6. The van der Waals surface area contributed by atoms with Crippen molar-refractivity contribution in [1.82, 2.24) is 0 Å².